The maximum atomic E-state index is 13.5. The van der Waals surface area contributed by atoms with Gasteiger partial charge in [0.2, 0.25) is 12.1 Å². The van der Waals surface area contributed by atoms with Crippen molar-refractivity contribution in [3.05, 3.63) is 60.7 Å². The van der Waals surface area contributed by atoms with Crippen LogP contribution in [0.25, 0.3) is 0 Å². The van der Waals surface area contributed by atoms with E-state index in [9.17, 15) is 14.7 Å². The zero-order valence-corrected chi connectivity index (χ0v) is 30.6. The molecule has 0 aromatic heterocycles. The van der Waals surface area contributed by atoms with Gasteiger partial charge in [-0.25, -0.2) is 0 Å². The third-order valence-corrected chi connectivity index (χ3v) is 18.3. The predicted molar refractivity (Wildman–Crippen MR) is 182 cm³/mol. The molecular weight excluding hydrogens is 605 g/mol. The Morgan fingerprint density at radius 1 is 1.02 bits per heavy atom. The van der Waals surface area contributed by atoms with E-state index < -0.39 is 51.7 Å². The van der Waals surface area contributed by atoms with Crippen LogP contribution in [0.4, 0.5) is 0 Å². The lowest BCUT2D eigenvalue weighted by Gasteiger charge is -2.47. The fraction of sp³-hybridized carbons (Fsp3) is 0.588. The van der Waals surface area contributed by atoms with Crippen molar-refractivity contribution in [2.24, 2.45) is 0 Å². The number of benzene rings is 2. The van der Waals surface area contributed by atoms with Gasteiger partial charge >= 0.3 is 0 Å². The quantitative estimate of drug-likeness (QED) is 0.207. The first-order valence-electron chi connectivity index (χ1n) is 16.0. The average molecular weight is 659 g/mol. The molecule has 1 aliphatic heterocycles. The highest BCUT2D eigenvalue weighted by molar-refractivity contribution is 6.99. The number of carbonyl (C=O) groups is 2. The smallest absolute Gasteiger partial charge is 0.276 e. The molecule has 1 unspecified atom stereocenters. The lowest BCUT2D eigenvalue weighted by molar-refractivity contribution is -0.294. The monoisotopic (exact) mass is 658 g/mol. The van der Waals surface area contributed by atoms with Crippen LogP contribution < -0.4 is 21.0 Å². The molecule has 0 aliphatic carbocycles. The van der Waals surface area contributed by atoms with E-state index in [-0.39, 0.29) is 24.7 Å². The second-order valence-corrected chi connectivity index (χ2v) is 23.4. The van der Waals surface area contributed by atoms with Crippen molar-refractivity contribution in [2.75, 3.05) is 26.3 Å². The largest absolute Gasteiger partial charge is 0.414 e. The standard InChI is InChI=1S/C34H54N2O7Si2/c1-10-11-22-40-34(24-35-29(38)28(37)23-41-44(8,9)32(2,3)4)25-36-30(39)31(42-34)43-45(33(5,6)7,26-18-14-12-15-19-26)27-20-16-13-17-21-27/h12-21,28,31,37H,10-11,22-25H2,1-9H3,(H,35,38)(H,36,39)/t28-,31-,34?/m1/s1. The number of morpholine rings is 1. The Labute approximate surface area is 271 Å². The van der Waals surface area contributed by atoms with Gasteiger partial charge in [-0.3, -0.25) is 9.59 Å². The van der Waals surface area contributed by atoms with Gasteiger partial charge in [0.1, 0.15) is 0 Å². The van der Waals surface area contributed by atoms with Gasteiger partial charge in [-0.2, -0.15) is 0 Å². The summed E-state index contributed by atoms with van der Waals surface area (Å²) in [5.74, 6) is -2.42. The summed E-state index contributed by atoms with van der Waals surface area (Å²) in [5, 5.41) is 17.9. The zero-order valence-electron chi connectivity index (χ0n) is 28.6. The number of aliphatic hydroxyl groups is 1. The maximum Gasteiger partial charge on any atom is 0.276 e. The first kappa shape index (κ1) is 37.1. The summed E-state index contributed by atoms with van der Waals surface area (Å²) in [5.41, 5.74) is 0. The van der Waals surface area contributed by atoms with Gasteiger partial charge in [-0.1, -0.05) is 116 Å². The molecule has 1 saturated heterocycles. The second-order valence-electron chi connectivity index (χ2n) is 14.4. The number of ether oxygens (including phenoxy) is 2. The summed E-state index contributed by atoms with van der Waals surface area (Å²) in [6, 6.07) is 20.0. The van der Waals surface area contributed by atoms with Crippen molar-refractivity contribution in [3.8, 4) is 0 Å². The van der Waals surface area contributed by atoms with Crippen molar-refractivity contribution in [1.82, 2.24) is 10.6 Å². The third-order valence-electron chi connectivity index (χ3n) is 8.87. The molecule has 3 atom stereocenters. The van der Waals surface area contributed by atoms with E-state index in [1.54, 1.807) is 0 Å². The van der Waals surface area contributed by atoms with Crippen molar-refractivity contribution < 1.29 is 33.0 Å². The van der Waals surface area contributed by atoms with Gasteiger partial charge in [0, 0.05) is 0 Å². The fourth-order valence-electron chi connectivity index (χ4n) is 5.09. The predicted octanol–water partition coefficient (Wildman–Crippen LogP) is 4.05. The van der Waals surface area contributed by atoms with E-state index in [0.717, 1.165) is 23.2 Å². The fourth-order valence-corrected chi connectivity index (χ4v) is 10.6. The summed E-state index contributed by atoms with van der Waals surface area (Å²) >= 11 is 0. The molecule has 0 radical (unpaired) electrons. The molecule has 0 spiro atoms. The van der Waals surface area contributed by atoms with Gasteiger partial charge in [-0.15, -0.1) is 0 Å². The van der Waals surface area contributed by atoms with Crippen molar-refractivity contribution >= 4 is 38.8 Å². The first-order valence-corrected chi connectivity index (χ1v) is 20.8. The highest BCUT2D eigenvalue weighted by Gasteiger charge is 2.55. The topological polar surface area (TPSA) is 115 Å². The molecule has 0 saturated carbocycles. The first-order chi connectivity index (χ1) is 21.0. The summed E-state index contributed by atoms with van der Waals surface area (Å²) in [7, 11) is -5.33. The molecule has 250 valence electrons. The van der Waals surface area contributed by atoms with Gasteiger partial charge in [-0.05, 0) is 40.0 Å². The van der Waals surface area contributed by atoms with Crippen molar-refractivity contribution in [2.45, 2.75) is 103 Å². The molecule has 11 heteroatoms. The molecule has 2 amide bonds. The molecule has 1 aliphatic rings. The van der Waals surface area contributed by atoms with Crippen LogP contribution in [0.15, 0.2) is 60.7 Å². The van der Waals surface area contributed by atoms with Gasteiger partial charge in [0.25, 0.3) is 20.1 Å². The normalized spacial score (nSPS) is 20.4. The molecular formula is C34H54N2O7Si2. The number of amides is 2. The Bertz CT molecular complexity index is 1210. The van der Waals surface area contributed by atoms with E-state index in [0.29, 0.717) is 6.61 Å². The molecule has 1 heterocycles. The van der Waals surface area contributed by atoms with E-state index in [2.05, 4.69) is 72.2 Å². The molecule has 45 heavy (non-hydrogen) atoms. The van der Waals surface area contributed by atoms with Crippen LogP contribution in [0.5, 0.6) is 0 Å². The van der Waals surface area contributed by atoms with Crippen LogP contribution in [0.1, 0.15) is 61.3 Å². The van der Waals surface area contributed by atoms with Crippen LogP contribution in [-0.2, 0) is 27.9 Å². The molecule has 2 aromatic carbocycles. The minimum atomic E-state index is -3.17. The van der Waals surface area contributed by atoms with Crippen LogP contribution >= 0.6 is 0 Å². The van der Waals surface area contributed by atoms with Crippen molar-refractivity contribution in [1.29, 1.82) is 0 Å². The number of aliphatic hydroxyl groups excluding tert-OH is 1. The minimum absolute atomic E-state index is 0.00694. The lowest BCUT2D eigenvalue weighted by Crippen LogP contribution is -2.71. The molecule has 2 aromatic rings. The molecule has 1 fully saturated rings. The number of rotatable bonds is 14. The number of carbonyl (C=O) groups excluding carboxylic acids is 2. The third kappa shape index (κ3) is 8.91. The van der Waals surface area contributed by atoms with Crippen molar-refractivity contribution in [3.63, 3.8) is 0 Å². The van der Waals surface area contributed by atoms with Gasteiger partial charge in [0.15, 0.2) is 14.4 Å². The summed E-state index contributed by atoms with van der Waals surface area (Å²) < 4.78 is 25.8. The van der Waals surface area contributed by atoms with Crippen LogP contribution in [-0.4, -0.2) is 78.0 Å². The number of unbranched alkanes of at least 4 members (excludes halogenated alkanes) is 1. The zero-order chi connectivity index (χ0) is 33.5. The minimum Gasteiger partial charge on any atom is -0.414 e. The number of hydrogen-bond donors (Lipinski definition) is 3. The van der Waals surface area contributed by atoms with E-state index in [1.807, 2.05) is 60.7 Å². The van der Waals surface area contributed by atoms with Crippen LogP contribution in [0.3, 0.4) is 0 Å². The average Bonchev–Trinajstić information content (AvgIpc) is 2.99. The lowest BCUT2D eigenvalue weighted by atomic mass is 10.2. The van der Waals surface area contributed by atoms with E-state index in [4.69, 9.17) is 18.3 Å². The number of hydrogen-bond acceptors (Lipinski definition) is 7. The molecule has 3 rings (SSSR count). The Kier molecular flexibility index (Phi) is 12.4. The summed E-state index contributed by atoms with van der Waals surface area (Å²) in [4.78, 5) is 26.5. The Morgan fingerprint density at radius 3 is 2.07 bits per heavy atom. The Balaban J connectivity index is 1.90. The van der Waals surface area contributed by atoms with E-state index >= 15 is 0 Å². The summed E-state index contributed by atoms with van der Waals surface area (Å²) in [6.07, 6.45) is -1.03. The molecule has 0 bridgehead atoms. The molecule has 9 nitrogen and oxygen atoms in total. The van der Waals surface area contributed by atoms with Gasteiger partial charge in [0.05, 0.1) is 26.3 Å². The SMILES string of the molecule is CCCCOC1(CNC(=O)[C@H](O)CO[Si](C)(C)C(C)(C)C)CNC(=O)[C@@H](O[Si](c2ccccc2)(c2ccccc2)C(C)(C)C)O1. The second kappa shape index (κ2) is 15.0. The van der Waals surface area contributed by atoms with Crippen LogP contribution in [0.2, 0.25) is 23.2 Å². The summed E-state index contributed by atoms with van der Waals surface area (Å²) in [6.45, 7) is 19.0. The highest BCUT2D eigenvalue weighted by Crippen LogP contribution is 2.39. The number of nitrogens with one attached hydrogen (secondary N) is 2. The maximum absolute atomic E-state index is 13.5. The Hall–Kier alpha value is -2.39. The molecule has 3 N–H and O–H groups in total. The Morgan fingerprint density at radius 2 is 1.58 bits per heavy atom. The van der Waals surface area contributed by atoms with Crippen LogP contribution in [0, 0.1) is 0 Å². The highest BCUT2D eigenvalue weighted by atomic mass is 28.4. The van der Waals surface area contributed by atoms with E-state index in [1.165, 1.54) is 0 Å². The van der Waals surface area contributed by atoms with Gasteiger partial charge < -0.3 is 34.1 Å².